The van der Waals surface area contributed by atoms with Crippen molar-refractivity contribution in [3.05, 3.63) is 75.5 Å². The van der Waals surface area contributed by atoms with E-state index in [1.165, 1.54) is 10.1 Å². The van der Waals surface area contributed by atoms with E-state index in [0.717, 1.165) is 23.1 Å². The van der Waals surface area contributed by atoms with Crippen LogP contribution in [0.3, 0.4) is 0 Å². The first-order valence-electron chi connectivity index (χ1n) is 10.3. The number of aromatic nitrogens is 5. The molecule has 3 aromatic heterocycles. The first-order chi connectivity index (χ1) is 14.9. The van der Waals surface area contributed by atoms with Crippen LogP contribution in [0.2, 0.25) is 0 Å². The Labute approximate surface area is 179 Å². The number of amides is 1. The summed E-state index contributed by atoms with van der Waals surface area (Å²) < 4.78 is 3.33. The summed E-state index contributed by atoms with van der Waals surface area (Å²) in [6.45, 7) is 8.53. The van der Waals surface area contributed by atoms with Crippen LogP contribution in [0.15, 0.2) is 47.7 Å². The molecule has 1 atom stereocenters. The maximum atomic E-state index is 12.7. The van der Waals surface area contributed by atoms with Crippen LogP contribution in [-0.2, 0) is 0 Å². The molecule has 2 N–H and O–H groups in total. The van der Waals surface area contributed by atoms with Gasteiger partial charge in [0, 0.05) is 24.5 Å². The van der Waals surface area contributed by atoms with Gasteiger partial charge < -0.3 is 10.3 Å². The molecular formula is C23H26N6O2. The van der Waals surface area contributed by atoms with Gasteiger partial charge in [0.2, 0.25) is 0 Å². The molecule has 1 aromatic carbocycles. The molecule has 4 rings (SSSR count). The molecule has 0 saturated heterocycles. The lowest BCUT2D eigenvalue weighted by molar-refractivity contribution is 0.0946. The summed E-state index contributed by atoms with van der Waals surface area (Å²) in [5.74, 6) is 0.211. The normalized spacial score (nSPS) is 12.3. The molecule has 0 radical (unpaired) electrons. The zero-order valence-corrected chi connectivity index (χ0v) is 18.1. The van der Waals surface area contributed by atoms with E-state index in [9.17, 15) is 9.59 Å². The van der Waals surface area contributed by atoms with Gasteiger partial charge in [0.05, 0.1) is 17.8 Å². The van der Waals surface area contributed by atoms with Gasteiger partial charge in [0.1, 0.15) is 5.52 Å². The number of nitrogens with zero attached hydrogens (tertiary/aromatic N) is 4. The minimum Gasteiger partial charge on any atom is -0.350 e. The molecule has 31 heavy (non-hydrogen) atoms. The van der Waals surface area contributed by atoms with Crippen molar-refractivity contribution in [2.75, 3.05) is 6.54 Å². The Kier molecular flexibility index (Phi) is 5.46. The highest BCUT2D eigenvalue weighted by Gasteiger charge is 2.16. The van der Waals surface area contributed by atoms with Crippen LogP contribution in [0.4, 0.5) is 0 Å². The number of H-pyrrole nitrogens is 1. The largest absolute Gasteiger partial charge is 0.350 e. The Morgan fingerprint density at radius 2 is 1.97 bits per heavy atom. The second kappa shape index (κ2) is 8.22. The summed E-state index contributed by atoms with van der Waals surface area (Å²) in [4.78, 5) is 28.1. The van der Waals surface area contributed by atoms with E-state index in [1.807, 2.05) is 49.8 Å². The van der Waals surface area contributed by atoms with E-state index in [2.05, 4.69) is 27.4 Å². The predicted octanol–water partition coefficient (Wildman–Crippen LogP) is 3.19. The first-order valence-corrected chi connectivity index (χ1v) is 10.3. The topological polar surface area (TPSA) is 97.1 Å². The molecular weight excluding hydrogens is 392 g/mol. The Morgan fingerprint density at radius 3 is 2.65 bits per heavy atom. The van der Waals surface area contributed by atoms with E-state index >= 15 is 0 Å². The Morgan fingerprint density at radius 1 is 1.16 bits per heavy atom. The lowest BCUT2D eigenvalue weighted by Crippen LogP contribution is -2.30. The number of carbonyl (C=O) groups is 1. The second-order valence-electron chi connectivity index (χ2n) is 7.93. The predicted molar refractivity (Wildman–Crippen MR) is 119 cm³/mol. The average Bonchev–Trinajstić information content (AvgIpc) is 3.37. The fourth-order valence-electron chi connectivity index (χ4n) is 3.52. The van der Waals surface area contributed by atoms with E-state index < -0.39 is 0 Å². The molecule has 0 saturated carbocycles. The fraction of sp³-hybridized carbons (Fsp3) is 0.304. The van der Waals surface area contributed by atoms with Crippen LogP contribution in [0.1, 0.15) is 46.4 Å². The van der Waals surface area contributed by atoms with Crippen LogP contribution >= 0.6 is 0 Å². The summed E-state index contributed by atoms with van der Waals surface area (Å²) in [5, 5.41) is 11.8. The summed E-state index contributed by atoms with van der Waals surface area (Å²) in [5.41, 5.74) is 4.61. The number of hydrogen-bond acceptors (Lipinski definition) is 4. The van der Waals surface area contributed by atoms with Crippen LogP contribution in [-0.4, -0.2) is 36.8 Å². The van der Waals surface area contributed by atoms with Crippen molar-refractivity contribution in [2.24, 2.45) is 0 Å². The van der Waals surface area contributed by atoms with Crippen molar-refractivity contribution >= 4 is 11.4 Å². The number of aromatic amines is 1. The van der Waals surface area contributed by atoms with Gasteiger partial charge in [-0.05, 0) is 56.0 Å². The Balaban J connectivity index is 1.57. The molecule has 1 amide bonds. The molecule has 1 unspecified atom stereocenters. The zero-order valence-electron chi connectivity index (χ0n) is 18.1. The molecule has 0 spiro atoms. The number of rotatable bonds is 6. The smallest absolute Gasteiger partial charge is 0.275 e. The van der Waals surface area contributed by atoms with Gasteiger partial charge in [-0.15, -0.1) is 5.10 Å². The van der Waals surface area contributed by atoms with Crippen LogP contribution in [0.5, 0.6) is 0 Å². The van der Waals surface area contributed by atoms with Gasteiger partial charge in [-0.3, -0.25) is 14.3 Å². The molecule has 0 bridgehead atoms. The average molecular weight is 419 g/mol. The van der Waals surface area contributed by atoms with E-state index in [-0.39, 0.29) is 17.5 Å². The van der Waals surface area contributed by atoms with Gasteiger partial charge in [-0.25, -0.2) is 4.52 Å². The minimum absolute atomic E-state index is 0.0626. The Bertz CT molecular complexity index is 1310. The van der Waals surface area contributed by atoms with Crippen molar-refractivity contribution in [2.45, 2.75) is 40.2 Å². The minimum atomic E-state index is -0.291. The van der Waals surface area contributed by atoms with Gasteiger partial charge in [0.25, 0.3) is 11.5 Å². The second-order valence-corrected chi connectivity index (χ2v) is 7.93. The van der Waals surface area contributed by atoms with Gasteiger partial charge in [-0.1, -0.05) is 19.1 Å². The van der Waals surface area contributed by atoms with Crippen molar-refractivity contribution in [1.29, 1.82) is 0 Å². The van der Waals surface area contributed by atoms with E-state index in [0.29, 0.717) is 23.4 Å². The molecule has 0 fully saturated rings. The van der Waals surface area contributed by atoms with Gasteiger partial charge in [-0.2, -0.15) is 5.10 Å². The highest BCUT2D eigenvalue weighted by molar-refractivity contribution is 5.95. The maximum absolute atomic E-state index is 12.7. The highest BCUT2D eigenvalue weighted by Crippen LogP contribution is 2.18. The van der Waals surface area contributed by atoms with Crippen molar-refractivity contribution in [3.63, 3.8) is 0 Å². The van der Waals surface area contributed by atoms with Crippen molar-refractivity contribution in [1.82, 2.24) is 29.7 Å². The third kappa shape index (κ3) is 4.14. The van der Waals surface area contributed by atoms with Crippen LogP contribution in [0.25, 0.3) is 16.9 Å². The van der Waals surface area contributed by atoms with Gasteiger partial charge >= 0.3 is 0 Å². The maximum Gasteiger partial charge on any atom is 0.275 e. The molecule has 3 heterocycles. The lowest BCUT2D eigenvalue weighted by Gasteiger charge is -2.16. The number of carbonyl (C=O) groups excluding carboxylic acids is 1. The third-order valence-electron chi connectivity index (χ3n) is 5.59. The fourth-order valence-corrected chi connectivity index (χ4v) is 3.52. The molecule has 8 heteroatoms. The summed E-state index contributed by atoms with van der Waals surface area (Å²) in [7, 11) is 0. The van der Waals surface area contributed by atoms with E-state index in [4.69, 9.17) is 0 Å². The Hall–Kier alpha value is -3.68. The molecule has 8 nitrogen and oxygen atoms in total. The third-order valence-corrected chi connectivity index (χ3v) is 5.59. The quantitative estimate of drug-likeness (QED) is 0.502. The standard InChI is InChI=1S/C23H26N6O2/c1-5-19(28-12-14(2)10-25-28)11-24-22(30)18-9-20-23(31)26-21(27-29(20)13-18)17-7-6-15(3)16(4)8-17/h6-10,12-13,19H,5,11H2,1-4H3,(H,24,30)(H,26,27,31). The number of aryl methyl sites for hydroxylation is 3. The van der Waals surface area contributed by atoms with Crippen molar-refractivity contribution in [3.8, 4) is 11.4 Å². The molecule has 0 aliphatic carbocycles. The molecule has 0 aliphatic rings. The zero-order chi connectivity index (χ0) is 22.1. The SMILES string of the molecule is CCC(CNC(=O)c1cc2c(=O)[nH]c(-c3ccc(C)c(C)c3)nn2c1)n1cc(C)cn1. The molecule has 0 aliphatic heterocycles. The monoisotopic (exact) mass is 418 g/mol. The number of benzene rings is 1. The van der Waals surface area contributed by atoms with Gasteiger partial charge in [0.15, 0.2) is 5.82 Å². The number of nitrogens with one attached hydrogen (secondary N) is 2. The summed E-state index contributed by atoms with van der Waals surface area (Å²) in [6, 6.07) is 7.52. The van der Waals surface area contributed by atoms with E-state index in [1.54, 1.807) is 18.5 Å². The number of hydrogen-bond donors (Lipinski definition) is 2. The lowest BCUT2D eigenvalue weighted by atomic mass is 10.1. The summed E-state index contributed by atoms with van der Waals surface area (Å²) >= 11 is 0. The van der Waals surface area contributed by atoms with Crippen LogP contribution in [0, 0.1) is 20.8 Å². The van der Waals surface area contributed by atoms with Crippen LogP contribution < -0.4 is 10.9 Å². The molecule has 4 aromatic rings. The number of fused-ring (bicyclic) bond motifs is 1. The van der Waals surface area contributed by atoms with Crippen molar-refractivity contribution < 1.29 is 4.79 Å². The highest BCUT2D eigenvalue weighted by atomic mass is 16.1. The summed E-state index contributed by atoms with van der Waals surface area (Å²) in [6.07, 6.45) is 6.18. The first kappa shape index (κ1) is 20.6. The molecule has 160 valence electrons.